The third-order valence-corrected chi connectivity index (χ3v) is 0.975. The van der Waals surface area contributed by atoms with Gasteiger partial charge in [0.05, 0.1) is 0 Å². The van der Waals surface area contributed by atoms with Crippen molar-refractivity contribution < 1.29 is 15.7 Å². The summed E-state index contributed by atoms with van der Waals surface area (Å²) in [6, 6.07) is -0.469. The van der Waals surface area contributed by atoms with Crippen LogP contribution in [0.25, 0.3) is 0 Å². The number of nitrogens with zero attached hydrogens (tertiary/aromatic N) is 2. The molecule has 1 rings (SSSR count). The van der Waals surface area contributed by atoms with E-state index in [1.54, 1.807) is 18.5 Å². The van der Waals surface area contributed by atoms with Crippen LogP contribution in [0.5, 0.6) is 0 Å². The highest BCUT2D eigenvalue weighted by molar-refractivity contribution is 5.78. The van der Waals surface area contributed by atoms with Gasteiger partial charge in [-0.1, -0.05) is 0 Å². The summed E-state index contributed by atoms with van der Waals surface area (Å²) in [5, 5.41) is 0. The van der Waals surface area contributed by atoms with Crippen molar-refractivity contribution in [2.24, 2.45) is 10.7 Å². The summed E-state index contributed by atoms with van der Waals surface area (Å²) in [5.41, 5.74) is 4.93. The number of carbonyl (C=O) groups excluding carboxylic acids is 1. The molecule has 0 fully saturated rings. The van der Waals surface area contributed by atoms with E-state index in [2.05, 4.69) is 4.99 Å². The summed E-state index contributed by atoms with van der Waals surface area (Å²) in [6.45, 7) is 0.339. The lowest BCUT2D eigenvalue weighted by Crippen LogP contribution is -2.32. The summed E-state index contributed by atoms with van der Waals surface area (Å²) in [4.78, 5) is 15.5. The number of amides is 2. The van der Waals surface area contributed by atoms with Crippen molar-refractivity contribution in [3.05, 3.63) is 12.3 Å². The van der Waals surface area contributed by atoms with Gasteiger partial charge in [0.1, 0.15) is 6.67 Å². The van der Waals surface area contributed by atoms with Gasteiger partial charge in [0.2, 0.25) is 0 Å². The summed E-state index contributed by atoms with van der Waals surface area (Å²) in [7, 11) is 0. The van der Waals surface area contributed by atoms with E-state index in [0.29, 0.717) is 6.67 Å². The highest BCUT2D eigenvalue weighted by Gasteiger charge is 2.03. The van der Waals surface area contributed by atoms with E-state index in [0.717, 1.165) is 0 Å². The number of primary amides is 1. The molecule has 0 radical (unpaired) electrons. The van der Waals surface area contributed by atoms with Crippen molar-refractivity contribution in [2.75, 3.05) is 6.67 Å². The Morgan fingerprint density at radius 2 is 2.18 bits per heavy atom. The van der Waals surface area contributed by atoms with Gasteiger partial charge in [-0.25, -0.2) is 4.79 Å². The van der Waals surface area contributed by atoms with E-state index in [1.807, 2.05) is 0 Å². The van der Waals surface area contributed by atoms with Crippen LogP contribution < -0.4 is 5.73 Å². The SMILES string of the molecule is NC(=O)N1C=CC=NC1.O.O. The van der Waals surface area contributed by atoms with Crippen LogP contribution in [0, 0.1) is 0 Å². The number of hydrogen-bond acceptors (Lipinski definition) is 2. The summed E-state index contributed by atoms with van der Waals surface area (Å²) in [6.07, 6.45) is 4.88. The Kier molecular flexibility index (Phi) is 6.02. The summed E-state index contributed by atoms with van der Waals surface area (Å²) >= 11 is 0. The summed E-state index contributed by atoms with van der Waals surface area (Å²) in [5.74, 6) is 0. The largest absolute Gasteiger partial charge is 0.412 e. The van der Waals surface area contributed by atoms with E-state index in [-0.39, 0.29) is 11.0 Å². The standard InChI is InChI=1S/C5H7N3O.2H2O/c6-5(9)8-3-1-2-7-4-8;;/h1-3H,4H2,(H2,6,9);2*1H2. The fourth-order valence-corrected chi connectivity index (χ4v) is 0.529. The molecule has 6 heteroatoms. The van der Waals surface area contributed by atoms with Gasteiger partial charge in [0.25, 0.3) is 0 Å². The second-order valence-corrected chi connectivity index (χ2v) is 1.62. The number of urea groups is 1. The van der Waals surface area contributed by atoms with Gasteiger partial charge >= 0.3 is 6.03 Å². The van der Waals surface area contributed by atoms with Crippen LogP contribution in [-0.4, -0.2) is 34.8 Å². The molecule has 1 aliphatic heterocycles. The van der Waals surface area contributed by atoms with Crippen molar-refractivity contribution in [3.8, 4) is 0 Å². The number of allylic oxidation sites excluding steroid dienone is 1. The van der Waals surface area contributed by atoms with Crippen molar-refractivity contribution in [2.45, 2.75) is 0 Å². The normalized spacial score (nSPS) is 13.3. The van der Waals surface area contributed by atoms with E-state index >= 15 is 0 Å². The molecule has 0 saturated carbocycles. The molecule has 0 aromatic carbocycles. The highest BCUT2D eigenvalue weighted by Crippen LogP contribution is 1.92. The van der Waals surface area contributed by atoms with Crippen LogP contribution in [0.15, 0.2) is 17.3 Å². The third-order valence-electron chi connectivity index (χ3n) is 0.975. The van der Waals surface area contributed by atoms with Gasteiger partial charge in [-0.05, 0) is 6.08 Å². The number of hydrogen-bond donors (Lipinski definition) is 1. The second-order valence-electron chi connectivity index (χ2n) is 1.62. The Morgan fingerprint density at radius 3 is 2.45 bits per heavy atom. The zero-order valence-corrected chi connectivity index (χ0v) is 5.82. The zero-order chi connectivity index (χ0) is 6.69. The highest BCUT2D eigenvalue weighted by atomic mass is 16.2. The maximum absolute atomic E-state index is 10.4. The van der Waals surface area contributed by atoms with Crippen molar-refractivity contribution in [1.82, 2.24) is 4.90 Å². The Hall–Kier alpha value is -1.40. The first-order chi connectivity index (χ1) is 4.30. The first kappa shape index (κ1) is 12.3. The molecule has 1 aliphatic rings. The molecule has 1 heterocycles. The van der Waals surface area contributed by atoms with Gasteiger partial charge in [-0.2, -0.15) is 0 Å². The van der Waals surface area contributed by atoms with Crippen LogP contribution in [0.3, 0.4) is 0 Å². The fourth-order valence-electron chi connectivity index (χ4n) is 0.529. The minimum Gasteiger partial charge on any atom is -0.412 e. The lowest BCUT2D eigenvalue weighted by molar-refractivity contribution is 0.225. The lowest BCUT2D eigenvalue weighted by atomic mass is 10.5. The van der Waals surface area contributed by atoms with Crippen LogP contribution in [-0.2, 0) is 0 Å². The maximum Gasteiger partial charge on any atom is 0.320 e. The van der Waals surface area contributed by atoms with Crippen LogP contribution >= 0.6 is 0 Å². The minimum absolute atomic E-state index is 0. The molecule has 0 aromatic heterocycles. The van der Waals surface area contributed by atoms with E-state index in [1.165, 1.54) is 4.90 Å². The molecule has 0 saturated heterocycles. The lowest BCUT2D eigenvalue weighted by Gasteiger charge is -2.13. The zero-order valence-electron chi connectivity index (χ0n) is 5.82. The topological polar surface area (TPSA) is 122 Å². The van der Waals surface area contributed by atoms with Gasteiger partial charge in [0.15, 0.2) is 0 Å². The third kappa shape index (κ3) is 3.33. The molecule has 64 valence electrons. The van der Waals surface area contributed by atoms with Crippen LogP contribution in [0.4, 0.5) is 4.79 Å². The van der Waals surface area contributed by atoms with Gasteiger partial charge < -0.3 is 16.7 Å². The molecular formula is C5H11N3O3. The number of aliphatic imine (C=N–C) groups is 1. The number of carbonyl (C=O) groups is 1. The molecule has 6 nitrogen and oxygen atoms in total. The monoisotopic (exact) mass is 161 g/mol. The first-order valence-corrected chi connectivity index (χ1v) is 2.53. The molecule has 0 atom stereocenters. The maximum atomic E-state index is 10.4. The number of rotatable bonds is 0. The van der Waals surface area contributed by atoms with Crippen LogP contribution in [0.1, 0.15) is 0 Å². The molecule has 0 unspecified atom stereocenters. The van der Waals surface area contributed by atoms with E-state index < -0.39 is 6.03 Å². The Balaban J connectivity index is 0. The van der Waals surface area contributed by atoms with E-state index in [9.17, 15) is 4.79 Å². The molecule has 0 aromatic rings. The summed E-state index contributed by atoms with van der Waals surface area (Å²) < 4.78 is 0. The van der Waals surface area contributed by atoms with Gasteiger partial charge in [0, 0.05) is 12.4 Å². The average Bonchev–Trinajstić information content (AvgIpc) is 1.90. The molecule has 6 N–H and O–H groups in total. The molecule has 0 bridgehead atoms. The number of nitrogens with two attached hydrogens (primary N) is 1. The molecular weight excluding hydrogens is 150 g/mol. The quantitative estimate of drug-likeness (QED) is 0.446. The van der Waals surface area contributed by atoms with E-state index in [4.69, 9.17) is 5.73 Å². The van der Waals surface area contributed by atoms with Crippen molar-refractivity contribution in [1.29, 1.82) is 0 Å². The van der Waals surface area contributed by atoms with Crippen molar-refractivity contribution >= 4 is 12.2 Å². The predicted octanol–water partition coefficient (Wildman–Crippen LogP) is -1.73. The first-order valence-electron chi connectivity index (χ1n) is 2.53. The average molecular weight is 161 g/mol. The predicted molar refractivity (Wildman–Crippen MR) is 41.1 cm³/mol. The Labute approximate surface area is 63.6 Å². The molecule has 0 spiro atoms. The molecule has 0 aliphatic carbocycles. The Morgan fingerprint density at radius 1 is 1.55 bits per heavy atom. The molecule has 2 amide bonds. The van der Waals surface area contributed by atoms with Crippen molar-refractivity contribution in [3.63, 3.8) is 0 Å². The van der Waals surface area contributed by atoms with Gasteiger partial charge in [-0.3, -0.25) is 9.89 Å². The second kappa shape index (κ2) is 5.39. The molecule has 11 heavy (non-hydrogen) atoms. The van der Waals surface area contributed by atoms with Crippen LogP contribution in [0.2, 0.25) is 0 Å². The Bertz CT molecular complexity index is 178. The smallest absolute Gasteiger partial charge is 0.320 e. The van der Waals surface area contributed by atoms with Gasteiger partial charge in [-0.15, -0.1) is 0 Å². The minimum atomic E-state index is -0.469. The fraction of sp³-hybridized carbons (Fsp3) is 0.200.